The van der Waals surface area contributed by atoms with Gasteiger partial charge in [-0.1, -0.05) is 43.3 Å². The van der Waals surface area contributed by atoms with E-state index in [0.717, 1.165) is 29.1 Å². The monoisotopic (exact) mass is 291 g/mol. The summed E-state index contributed by atoms with van der Waals surface area (Å²) in [6, 6.07) is 8.09. The van der Waals surface area contributed by atoms with E-state index in [-0.39, 0.29) is 0 Å². The molecule has 0 aliphatic carbocycles. The molecule has 1 aromatic heterocycles. The molecule has 1 unspecified atom stereocenters. The molecule has 2 N–H and O–H groups in total. The van der Waals surface area contributed by atoms with Crippen LogP contribution >= 0.6 is 11.8 Å². The molecule has 1 atom stereocenters. The summed E-state index contributed by atoms with van der Waals surface area (Å²) in [5, 5.41) is 4.66. The fourth-order valence-corrected chi connectivity index (χ4v) is 2.63. The molecule has 2 aromatic rings. The Labute approximate surface area is 124 Å². The molecule has 5 heteroatoms. The van der Waals surface area contributed by atoms with Gasteiger partial charge >= 0.3 is 0 Å². The minimum Gasteiger partial charge on any atom is -0.339 e. The summed E-state index contributed by atoms with van der Waals surface area (Å²) >= 11 is 1.85. The van der Waals surface area contributed by atoms with Crippen LogP contribution in [0.4, 0.5) is 0 Å². The number of benzene rings is 1. The maximum absolute atomic E-state index is 5.74. The molecule has 4 nitrogen and oxygen atoms in total. The van der Waals surface area contributed by atoms with Crippen molar-refractivity contribution in [1.29, 1.82) is 0 Å². The Morgan fingerprint density at radius 1 is 1.30 bits per heavy atom. The highest BCUT2D eigenvalue weighted by molar-refractivity contribution is 7.99. The predicted octanol–water partition coefficient (Wildman–Crippen LogP) is 3.15. The fraction of sp³-hybridized carbons (Fsp3) is 0.467. The molecule has 0 amide bonds. The van der Waals surface area contributed by atoms with Crippen molar-refractivity contribution < 1.29 is 4.52 Å². The molecule has 0 saturated heterocycles. The third kappa shape index (κ3) is 4.08. The van der Waals surface area contributed by atoms with Gasteiger partial charge < -0.3 is 10.3 Å². The van der Waals surface area contributed by atoms with Crippen LogP contribution in [0.15, 0.2) is 28.8 Å². The first-order chi connectivity index (χ1) is 9.72. The highest BCUT2D eigenvalue weighted by Gasteiger charge is 2.10. The predicted molar refractivity (Wildman–Crippen MR) is 82.5 cm³/mol. The van der Waals surface area contributed by atoms with Crippen LogP contribution in [0.2, 0.25) is 0 Å². The molecule has 0 fully saturated rings. The summed E-state index contributed by atoms with van der Waals surface area (Å²) in [4.78, 5) is 4.45. The Kier molecular flexibility index (Phi) is 5.61. The van der Waals surface area contributed by atoms with Crippen molar-refractivity contribution in [3.63, 3.8) is 0 Å². The first-order valence-corrected chi connectivity index (χ1v) is 7.97. The highest BCUT2D eigenvalue weighted by Crippen LogP contribution is 2.19. The van der Waals surface area contributed by atoms with Crippen molar-refractivity contribution in [2.45, 2.75) is 44.2 Å². The van der Waals surface area contributed by atoms with E-state index in [1.807, 2.05) is 30.0 Å². The molecule has 0 aliphatic heterocycles. The van der Waals surface area contributed by atoms with Gasteiger partial charge in [0.25, 0.3) is 0 Å². The maximum atomic E-state index is 5.74. The van der Waals surface area contributed by atoms with Gasteiger partial charge in [-0.3, -0.25) is 0 Å². The van der Waals surface area contributed by atoms with Crippen LogP contribution < -0.4 is 5.73 Å². The summed E-state index contributed by atoms with van der Waals surface area (Å²) in [6.07, 6.45) is 1.80. The van der Waals surface area contributed by atoms with Crippen LogP contribution in [-0.2, 0) is 18.7 Å². The van der Waals surface area contributed by atoms with Crippen molar-refractivity contribution in [3.05, 3.63) is 47.1 Å². The average Bonchev–Trinajstić information content (AvgIpc) is 2.93. The van der Waals surface area contributed by atoms with Gasteiger partial charge in [0.1, 0.15) is 0 Å². The summed E-state index contributed by atoms with van der Waals surface area (Å²) < 4.78 is 5.32. The minimum atomic E-state index is 0.529. The third-order valence-corrected chi connectivity index (χ3v) is 4.59. The second kappa shape index (κ2) is 7.45. The van der Waals surface area contributed by atoms with Crippen LogP contribution in [0, 0.1) is 0 Å². The van der Waals surface area contributed by atoms with Crippen molar-refractivity contribution >= 4 is 11.8 Å². The van der Waals surface area contributed by atoms with Gasteiger partial charge in [-0.2, -0.15) is 16.7 Å². The van der Waals surface area contributed by atoms with E-state index in [4.69, 9.17) is 10.3 Å². The molecule has 0 bridgehead atoms. The van der Waals surface area contributed by atoms with Crippen LogP contribution in [0.5, 0.6) is 0 Å². The van der Waals surface area contributed by atoms with Crippen LogP contribution in [0.3, 0.4) is 0 Å². The summed E-state index contributed by atoms with van der Waals surface area (Å²) in [5.74, 6) is 2.23. The zero-order chi connectivity index (χ0) is 14.4. The van der Waals surface area contributed by atoms with Gasteiger partial charge in [0.05, 0.1) is 12.2 Å². The van der Waals surface area contributed by atoms with Gasteiger partial charge in [-0.25, -0.2) is 0 Å². The lowest BCUT2D eigenvalue weighted by molar-refractivity contribution is 0.380. The average molecular weight is 291 g/mol. The van der Waals surface area contributed by atoms with E-state index in [2.05, 4.69) is 30.1 Å². The zero-order valence-corrected chi connectivity index (χ0v) is 12.8. The SMILES string of the molecule is CCC(C)SCc1noc(Cc2ccccc2CN)n1. The summed E-state index contributed by atoms with van der Waals surface area (Å²) in [7, 11) is 0. The number of nitrogens with zero attached hydrogens (tertiary/aromatic N) is 2. The molecule has 1 heterocycles. The van der Waals surface area contributed by atoms with Crippen molar-refractivity contribution in [1.82, 2.24) is 10.1 Å². The van der Waals surface area contributed by atoms with Crippen molar-refractivity contribution in [3.8, 4) is 0 Å². The molecule has 0 radical (unpaired) electrons. The Balaban J connectivity index is 1.99. The van der Waals surface area contributed by atoms with Crippen molar-refractivity contribution in [2.75, 3.05) is 0 Å². The summed E-state index contributed by atoms with van der Waals surface area (Å²) in [5.41, 5.74) is 8.01. The molecular weight excluding hydrogens is 270 g/mol. The number of nitrogens with two attached hydrogens (primary N) is 1. The number of hydrogen-bond acceptors (Lipinski definition) is 5. The topological polar surface area (TPSA) is 64.9 Å². The first kappa shape index (κ1) is 15.1. The van der Waals surface area contributed by atoms with E-state index >= 15 is 0 Å². The lowest BCUT2D eigenvalue weighted by Gasteiger charge is -2.04. The van der Waals surface area contributed by atoms with E-state index in [1.54, 1.807) is 0 Å². The first-order valence-electron chi connectivity index (χ1n) is 6.92. The second-order valence-electron chi connectivity index (χ2n) is 4.78. The van der Waals surface area contributed by atoms with E-state index in [0.29, 0.717) is 24.1 Å². The van der Waals surface area contributed by atoms with E-state index < -0.39 is 0 Å². The molecule has 108 valence electrons. The zero-order valence-electron chi connectivity index (χ0n) is 12.0. The van der Waals surface area contributed by atoms with Gasteiger partial charge in [-0.05, 0) is 17.5 Å². The number of hydrogen-bond donors (Lipinski definition) is 1. The quantitative estimate of drug-likeness (QED) is 0.849. The molecular formula is C15H21N3OS. The molecule has 20 heavy (non-hydrogen) atoms. The lowest BCUT2D eigenvalue weighted by atomic mass is 10.0. The molecule has 1 aromatic carbocycles. The maximum Gasteiger partial charge on any atom is 0.231 e. The van der Waals surface area contributed by atoms with E-state index in [9.17, 15) is 0 Å². The minimum absolute atomic E-state index is 0.529. The van der Waals surface area contributed by atoms with Crippen molar-refractivity contribution in [2.24, 2.45) is 5.73 Å². The lowest BCUT2D eigenvalue weighted by Crippen LogP contribution is -2.02. The van der Waals surface area contributed by atoms with Crippen LogP contribution in [0.25, 0.3) is 0 Å². The Morgan fingerprint density at radius 2 is 2.05 bits per heavy atom. The third-order valence-electron chi connectivity index (χ3n) is 3.26. The largest absolute Gasteiger partial charge is 0.339 e. The van der Waals surface area contributed by atoms with Gasteiger partial charge in [0.15, 0.2) is 5.82 Å². The van der Waals surface area contributed by atoms with Crippen LogP contribution in [0.1, 0.15) is 43.1 Å². The Hall–Kier alpha value is -1.33. The highest BCUT2D eigenvalue weighted by atomic mass is 32.2. The molecule has 0 spiro atoms. The van der Waals surface area contributed by atoms with Gasteiger partial charge in [-0.15, -0.1) is 0 Å². The van der Waals surface area contributed by atoms with E-state index in [1.165, 1.54) is 0 Å². The van der Waals surface area contributed by atoms with Crippen LogP contribution in [-0.4, -0.2) is 15.4 Å². The number of thioether (sulfide) groups is 1. The Morgan fingerprint density at radius 3 is 2.75 bits per heavy atom. The molecule has 2 rings (SSSR count). The van der Waals surface area contributed by atoms with Gasteiger partial charge in [0.2, 0.25) is 5.89 Å². The molecule has 0 aliphatic rings. The second-order valence-corrected chi connectivity index (χ2v) is 6.21. The fourth-order valence-electron chi connectivity index (χ4n) is 1.85. The standard InChI is InChI=1S/C15H21N3OS/c1-3-11(2)20-10-14-17-15(19-18-14)8-12-6-4-5-7-13(12)9-16/h4-7,11H,3,8-10,16H2,1-2H3. The summed E-state index contributed by atoms with van der Waals surface area (Å²) in [6.45, 7) is 4.92. The normalized spacial score (nSPS) is 12.6. The molecule has 0 saturated carbocycles. The van der Waals surface area contributed by atoms with Gasteiger partial charge in [0, 0.05) is 11.8 Å². The number of rotatable bonds is 7. The Bertz CT molecular complexity index is 541. The number of aromatic nitrogens is 2. The smallest absolute Gasteiger partial charge is 0.231 e.